The molecule has 1 aromatic carbocycles. The smallest absolute Gasteiger partial charge is 0.326 e. The molecular weight excluding hydrogens is 462 g/mol. The Kier molecular flexibility index (Phi) is 9.07. The van der Waals surface area contributed by atoms with E-state index in [0.717, 1.165) is 27.7 Å². The summed E-state index contributed by atoms with van der Waals surface area (Å²) < 4.78 is 0. The maximum absolute atomic E-state index is 12.3. The van der Waals surface area contributed by atoms with E-state index in [0.29, 0.717) is 38.9 Å². The summed E-state index contributed by atoms with van der Waals surface area (Å²) in [6.45, 7) is 3.40. The molecule has 2 unspecified atom stereocenters. The summed E-state index contributed by atoms with van der Waals surface area (Å²) in [5.41, 5.74) is 15.2. The summed E-state index contributed by atoms with van der Waals surface area (Å²) in [5, 5.41) is 23.4. The van der Waals surface area contributed by atoms with Gasteiger partial charge in [-0.1, -0.05) is 29.8 Å². The molecule has 1 aromatic heterocycles. The first kappa shape index (κ1) is 26.7. The van der Waals surface area contributed by atoms with Crippen LogP contribution < -0.4 is 22.1 Å². The van der Waals surface area contributed by atoms with E-state index in [1.807, 2.05) is 37.3 Å². The number of aliphatic carboxylic acids is 1. The van der Waals surface area contributed by atoms with Gasteiger partial charge in [-0.3, -0.25) is 15.0 Å². The van der Waals surface area contributed by atoms with Gasteiger partial charge in [0.25, 0.3) is 0 Å². The average Bonchev–Trinajstić information content (AvgIpc) is 3.46. The van der Waals surface area contributed by atoms with Crippen molar-refractivity contribution in [1.82, 2.24) is 20.5 Å². The number of rotatable bonds is 12. The van der Waals surface area contributed by atoms with E-state index >= 15 is 0 Å². The molecule has 0 saturated carbocycles. The summed E-state index contributed by atoms with van der Waals surface area (Å²) >= 11 is 0. The van der Waals surface area contributed by atoms with E-state index < -0.39 is 18.1 Å². The molecule has 36 heavy (non-hydrogen) atoms. The number of carboxylic acids is 1. The third kappa shape index (κ3) is 7.32. The van der Waals surface area contributed by atoms with Crippen molar-refractivity contribution < 1.29 is 19.5 Å². The number of amides is 2. The molecule has 1 aliphatic rings. The first-order valence-corrected chi connectivity index (χ1v) is 12.0. The fraction of sp³-hybridized carbons (Fsp3) is 0.440. The number of guanidine groups is 1. The van der Waals surface area contributed by atoms with Gasteiger partial charge in [0.15, 0.2) is 5.96 Å². The molecule has 0 aliphatic carbocycles. The number of aromatic nitrogens is 1. The van der Waals surface area contributed by atoms with E-state index in [1.54, 1.807) is 4.90 Å². The molecule has 0 bridgehead atoms. The fourth-order valence-corrected chi connectivity index (χ4v) is 4.24. The first-order chi connectivity index (χ1) is 17.1. The van der Waals surface area contributed by atoms with Crippen molar-refractivity contribution in [1.29, 1.82) is 5.41 Å². The third-order valence-electron chi connectivity index (χ3n) is 6.26. The molecule has 0 fully saturated rings. The zero-order valence-electron chi connectivity index (χ0n) is 20.5. The van der Waals surface area contributed by atoms with E-state index in [9.17, 15) is 19.5 Å². The highest BCUT2D eigenvalue weighted by Crippen LogP contribution is 2.20. The number of nitrogens with zero attached hydrogens (tertiary/aromatic N) is 1. The minimum absolute atomic E-state index is 0.00840. The zero-order valence-corrected chi connectivity index (χ0v) is 20.5. The predicted molar refractivity (Wildman–Crippen MR) is 137 cm³/mol. The van der Waals surface area contributed by atoms with Crippen LogP contribution in [0.1, 0.15) is 36.9 Å². The minimum Gasteiger partial charge on any atom is -0.480 e. The Morgan fingerprint density at radius 2 is 2.03 bits per heavy atom. The van der Waals surface area contributed by atoms with Crippen LogP contribution in [0.3, 0.4) is 0 Å². The molecule has 0 radical (unpaired) electrons. The van der Waals surface area contributed by atoms with Gasteiger partial charge in [0.2, 0.25) is 11.8 Å². The molecule has 0 spiro atoms. The van der Waals surface area contributed by atoms with Crippen LogP contribution >= 0.6 is 0 Å². The van der Waals surface area contributed by atoms with Gasteiger partial charge < -0.3 is 37.1 Å². The second-order valence-corrected chi connectivity index (χ2v) is 9.18. The van der Waals surface area contributed by atoms with Gasteiger partial charge in [0.1, 0.15) is 6.04 Å². The summed E-state index contributed by atoms with van der Waals surface area (Å²) in [6.07, 6.45) is 3.69. The lowest BCUT2D eigenvalue weighted by atomic mass is 10.1. The normalized spacial score (nSPS) is 14.8. The van der Waals surface area contributed by atoms with Crippen LogP contribution in [0.2, 0.25) is 0 Å². The number of fused-ring (bicyclic) bond motifs is 1. The number of aromatic amines is 1. The summed E-state index contributed by atoms with van der Waals surface area (Å²) in [6, 6.07) is 6.05. The zero-order chi connectivity index (χ0) is 26.2. The Balaban J connectivity index is 1.35. The number of nitrogens with one attached hydrogen (secondary N) is 4. The number of benzene rings is 1. The number of hydrogen-bond acceptors (Lipinski definition) is 5. The summed E-state index contributed by atoms with van der Waals surface area (Å²) in [4.78, 5) is 41.2. The number of carbonyl (C=O) groups is 3. The molecule has 2 atom stereocenters. The van der Waals surface area contributed by atoms with Gasteiger partial charge in [-0.2, -0.15) is 0 Å². The molecule has 1 aliphatic heterocycles. The lowest BCUT2D eigenvalue weighted by Crippen LogP contribution is -2.42. The molecule has 9 N–H and O–H groups in total. The predicted octanol–water partition coefficient (Wildman–Crippen LogP) is 0.728. The van der Waals surface area contributed by atoms with E-state index in [4.69, 9.17) is 16.9 Å². The van der Waals surface area contributed by atoms with Crippen molar-refractivity contribution in [2.45, 2.75) is 51.1 Å². The number of carbonyl (C=O) groups excluding carboxylic acids is 2. The number of unbranched alkanes of at least 4 members (excludes halogenated alkanes) is 1. The van der Waals surface area contributed by atoms with Crippen molar-refractivity contribution in [2.24, 2.45) is 11.5 Å². The van der Waals surface area contributed by atoms with Crippen molar-refractivity contribution in [3.8, 4) is 0 Å². The van der Waals surface area contributed by atoms with Crippen LogP contribution in [0.4, 0.5) is 0 Å². The van der Waals surface area contributed by atoms with Crippen molar-refractivity contribution in [3.05, 3.63) is 47.2 Å². The second kappa shape index (κ2) is 12.2. The Morgan fingerprint density at radius 3 is 2.69 bits per heavy atom. The highest BCUT2D eigenvalue weighted by molar-refractivity contribution is 5.85. The molecule has 11 heteroatoms. The van der Waals surface area contributed by atoms with E-state index in [2.05, 4.69) is 15.6 Å². The number of aryl methyl sites for hydroxylation is 1. The number of para-hydroxylation sites is 1. The second-order valence-electron chi connectivity index (χ2n) is 9.18. The first-order valence-electron chi connectivity index (χ1n) is 12.0. The SMILES string of the molecule is Cc1cccc2cc(CC(NC(=O)CCCCNC(=O)C(N)CC3=CCN(C(=N)N)C3)C(=O)O)[nH]c12. The highest BCUT2D eigenvalue weighted by atomic mass is 16.4. The van der Waals surface area contributed by atoms with E-state index in [-0.39, 0.29) is 30.6 Å². The lowest BCUT2D eigenvalue weighted by molar-refractivity contribution is -0.141. The van der Waals surface area contributed by atoms with Crippen molar-refractivity contribution >= 4 is 34.6 Å². The summed E-state index contributed by atoms with van der Waals surface area (Å²) in [7, 11) is 0. The lowest BCUT2D eigenvalue weighted by Gasteiger charge is -2.17. The van der Waals surface area contributed by atoms with Gasteiger partial charge in [-0.15, -0.1) is 0 Å². The van der Waals surface area contributed by atoms with Crippen LogP contribution in [0.25, 0.3) is 10.9 Å². The Labute approximate surface area is 209 Å². The topological polar surface area (TPSA) is 190 Å². The molecule has 194 valence electrons. The summed E-state index contributed by atoms with van der Waals surface area (Å²) in [5.74, 6) is -1.73. The number of carboxylic acid groups (broad SMARTS) is 1. The van der Waals surface area contributed by atoms with Gasteiger partial charge in [0.05, 0.1) is 6.04 Å². The number of nitrogens with two attached hydrogens (primary N) is 2. The Bertz CT molecular complexity index is 1160. The van der Waals surface area contributed by atoms with Crippen molar-refractivity contribution in [2.75, 3.05) is 19.6 Å². The molecular formula is C25H35N7O4. The molecule has 2 heterocycles. The van der Waals surface area contributed by atoms with Crippen molar-refractivity contribution in [3.63, 3.8) is 0 Å². The Hall–Kier alpha value is -3.86. The quantitative estimate of drug-likeness (QED) is 0.0972. The molecule has 11 nitrogen and oxygen atoms in total. The van der Waals surface area contributed by atoms with Crippen LogP contribution in [-0.2, 0) is 20.8 Å². The van der Waals surface area contributed by atoms with Gasteiger partial charge in [0, 0.05) is 43.7 Å². The molecule has 2 aromatic rings. The van der Waals surface area contributed by atoms with Crippen LogP contribution in [0.5, 0.6) is 0 Å². The fourth-order valence-electron chi connectivity index (χ4n) is 4.24. The van der Waals surface area contributed by atoms with Crippen LogP contribution in [-0.4, -0.2) is 70.5 Å². The van der Waals surface area contributed by atoms with Gasteiger partial charge in [-0.25, -0.2) is 4.79 Å². The van der Waals surface area contributed by atoms with E-state index in [1.165, 1.54) is 0 Å². The van der Waals surface area contributed by atoms with Crippen LogP contribution in [0, 0.1) is 12.3 Å². The minimum atomic E-state index is -1.09. The monoisotopic (exact) mass is 497 g/mol. The molecule has 2 amide bonds. The van der Waals surface area contributed by atoms with Crippen LogP contribution in [0.15, 0.2) is 35.9 Å². The largest absolute Gasteiger partial charge is 0.480 e. The van der Waals surface area contributed by atoms with Gasteiger partial charge >= 0.3 is 5.97 Å². The maximum atomic E-state index is 12.3. The highest BCUT2D eigenvalue weighted by Gasteiger charge is 2.22. The average molecular weight is 498 g/mol. The standard InChI is InChI=1S/C25H35N7O4/c1-15-5-4-6-17-12-18(30-22(15)17)13-20(24(35)36)31-21(33)7-2-3-9-29-23(34)19(26)11-16-8-10-32(14-16)25(27)28/h4-6,8,12,19-20,30H,2-3,7,9-11,13-14,26H2,1H3,(H3,27,28)(H,29,34)(H,31,33)(H,35,36). The Morgan fingerprint density at radius 1 is 1.25 bits per heavy atom. The number of hydrogen-bond donors (Lipinski definition) is 7. The maximum Gasteiger partial charge on any atom is 0.326 e. The number of H-pyrrole nitrogens is 1. The van der Waals surface area contributed by atoms with Gasteiger partial charge in [-0.05, 0) is 43.2 Å². The third-order valence-corrected chi connectivity index (χ3v) is 6.26. The molecule has 0 saturated heterocycles. The molecule has 3 rings (SSSR count).